The Balaban J connectivity index is 0. The molecule has 0 spiro atoms. The maximum absolute atomic E-state index is 10.5. The molecular weight excluding hydrogens is 341 g/mol. The van der Waals surface area contributed by atoms with Crippen molar-refractivity contribution in [1.29, 1.82) is 0 Å². The second-order valence-corrected chi connectivity index (χ2v) is 8.94. The van der Waals surface area contributed by atoms with E-state index in [9.17, 15) is 4.57 Å². The largest absolute Gasteiger partial charge is 0.618 e. The van der Waals surface area contributed by atoms with Crippen molar-refractivity contribution in [2.24, 2.45) is 0 Å². The van der Waals surface area contributed by atoms with Crippen molar-refractivity contribution in [2.45, 2.75) is 0 Å². The Bertz CT molecular complexity index is 295. The van der Waals surface area contributed by atoms with E-state index < -0.39 is 43.9 Å². The summed E-state index contributed by atoms with van der Waals surface area (Å²) in [6.45, 7) is 0. The fourth-order valence-corrected chi connectivity index (χ4v) is 1.18. The molecule has 2 N–H and O–H groups in total. The fourth-order valence-electron chi connectivity index (χ4n) is 0.622. The topological polar surface area (TPSA) is 57.5 Å². The highest BCUT2D eigenvalue weighted by Gasteiger charge is 2.14. The summed E-state index contributed by atoms with van der Waals surface area (Å²) in [5, 5.41) is 0.0648. The molecule has 0 aliphatic carbocycles. The smallest absolute Gasteiger partial charge is 0.321 e. The SMILES string of the molecule is O=P(O)(O)c1ccccc1.[Cl][Mg][Cl].[Cl][Mg][Cl]. The van der Waals surface area contributed by atoms with Gasteiger partial charge < -0.3 is 46.1 Å². The molecule has 0 unspecified atom stereocenters. The van der Waals surface area contributed by atoms with Gasteiger partial charge in [0, 0.05) is 0 Å². The molecule has 0 aromatic heterocycles. The van der Waals surface area contributed by atoms with Crippen molar-refractivity contribution in [3.05, 3.63) is 30.3 Å². The second-order valence-electron chi connectivity index (χ2n) is 2.08. The molecule has 0 fully saturated rings. The third-order valence-corrected chi connectivity index (χ3v) is 2.06. The quantitative estimate of drug-likeness (QED) is 0.605. The number of rotatable bonds is 1. The summed E-state index contributed by atoms with van der Waals surface area (Å²) >= 11 is -1.28. The normalized spacial score (nSPS) is 8.38. The zero-order valence-electron chi connectivity index (χ0n) is 8.06. The van der Waals surface area contributed by atoms with E-state index in [0.29, 0.717) is 0 Å². The highest BCUT2D eigenvalue weighted by Crippen LogP contribution is 2.32. The highest BCUT2D eigenvalue weighted by atomic mass is 35.6. The van der Waals surface area contributed by atoms with Crippen LogP contribution in [0.25, 0.3) is 0 Å². The first-order chi connectivity index (χ1) is 7.43. The van der Waals surface area contributed by atoms with Gasteiger partial charge in [0.1, 0.15) is 0 Å². The molecular formula is C6H7Cl4Mg2O3P. The van der Waals surface area contributed by atoms with Gasteiger partial charge in [0.15, 0.2) is 0 Å². The van der Waals surface area contributed by atoms with Gasteiger partial charge in [-0.25, -0.2) is 0 Å². The second kappa shape index (κ2) is 13.5. The third kappa shape index (κ3) is 14.1. The summed E-state index contributed by atoms with van der Waals surface area (Å²) in [5.74, 6) is 0. The van der Waals surface area contributed by atoms with E-state index in [2.05, 4.69) is 0 Å². The molecule has 0 aliphatic rings. The number of hydrogen-bond donors (Lipinski definition) is 2. The first kappa shape index (κ1) is 20.4. The predicted octanol–water partition coefficient (Wildman–Crippen LogP) is 2.49. The number of hydrogen-bond acceptors (Lipinski definition) is 1. The molecule has 1 aromatic rings. The van der Waals surface area contributed by atoms with Crippen LogP contribution in [0.15, 0.2) is 30.3 Å². The monoisotopic (exact) mass is 346 g/mol. The van der Waals surface area contributed by atoms with Crippen LogP contribution in [-0.2, 0) is 4.57 Å². The van der Waals surface area contributed by atoms with Gasteiger partial charge in [-0.3, -0.25) is 4.57 Å². The minimum Gasteiger partial charge on any atom is -0.321 e. The lowest BCUT2D eigenvalue weighted by Crippen LogP contribution is -2.01. The first-order valence-corrected chi connectivity index (χ1v) is 14.0. The van der Waals surface area contributed by atoms with E-state index in [0.717, 1.165) is 0 Å². The van der Waals surface area contributed by atoms with Crippen molar-refractivity contribution in [3.8, 4) is 0 Å². The van der Waals surface area contributed by atoms with E-state index in [4.69, 9.17) is 46.1 Å². The maximum atomic E-state index is 10.5. The Labute approximate surface area is 129 Å². The molecule has 0 aliphatic heterocycles. The summed E-state index contributed by atoms with van der Waals surface area (Å²) in [7, 11) is 15.6. The van der Waals surface area contributed by atoms with Gasteiger partial charge in [-0.15, -0.1) is 0 Å². The first-order valence-electron chi connectivity index (χ1n) is 3.79. The summed E-state index contributed by atoms with van der Waals surface area (Å²) in [4.78, 5) is 17.2. The molecule has 3 nitrogen and oxygen atoms in total. The maximum Gasteiger partial charge on any atom is 0.618 e. The van der Waals surface area contributed by atoms with E-state index in [-0.39, 0.29) is 5.30 Å². The molecule has 0 heterocycles. The summed E-state index contributed by atoms with van der Waals surface area (Å²) in [5.41, 5.74) is 0. The van der Waals surface area contributed by atoms with Crippen LogP contribution < -0.4 is 5.30 Å². The zero-order valence-corrected chi connectivity index (χ0v) is 14.8. The lowest BCUT2D eigenvalue weighted by atomic mass is 10.4. The van der Waals surface area contributed by atoms with Crippen LogP contribution in [0.5, 0.6) is 0 Å². The fraction of sp³-hybridized carbons (Fsp3) is 0. The minimum atomic E-state index is -4.02. The molecule has 1 aromatic carbocycles. The van der Waals surface area contributed by atoms with Crippen LogP contribution in [0, 0.1) is 0 Å². The van der Waals surface area contributed by atoms with Crippen LogP contribution >= 0.6 is 43.9 Å². The van der Waals surface area contributed by atoms with E-state index in [1.165, 1.54) is 12.1 Å². The summed E-state index contributed by atoms with van der Waals surface area (Å²) < 4.78 is 10.5. The van der Waals surface area contributed by atoms with Crippen LogP contribution in [0.4, 0.5) is 0 Å². The highest BCUT2D eigenvalue weighted by molar-refractivity contribution is 7.60. The van der Waals surface area contributed by atoms with Gasteiger partial charge in [-0.05, 0) is 12.1 Å². The van der Waals surface area contributed by atoms with Crippen LogP contribution in [0.2, 0.25) is 0 Å². The Morgan fingerprint density at radius 1 is 0.938 bits per heavy atom. The van der Waals surface area contributed by atoms with Crippen LogP contribution in [0.3, 0.4) is 0 Å². The van der Waals surface area contributed by atoms with E-state index >= 15 is 0 Å². The Morgan fingerprint density at radius 2 is 1.25 bits per heavy atom. The van der Waals surface area contributed by atoms with Crippen molar-refractivity contribution in [2.75, 3.05) is 0 Å². The van der Waals surface area contributed by atoms with E-state index in [1.807, 2.05) is 0 Å². The van der Waals surface area contributed by atoms with Crippen molar-refractivity contribution in [1.82, 2.24) is 0 Å². The summed E-state index contributed by atoms with van der Waals surface area (Å²) in [6, 6.07) is 7.70. The zero-order chi connectivity index (χ0) is 13.0. The predicted molar refractivity (Wildman–Crippen MR) is 73.0 cm³/mol. The molecule has 1 rings (SSSR count). The molecule has 0 radical (unpaired) electrons. The Hall–Kier alpha value is 2.06. The average molecular weight is 349 g/mol. The van der Waals surface area contributed by atoms with Gasteiger partial charge in [-0.1, -0.05) is 18.2 Å². The third-order valence-electron chi connectivity index (χ3n) is 1.09. The van der Waals surface area contributed by atoms with Gasteiger partial charge >= 0.3 is 43.9 Å². The molecule has 16 heavy (non-hydrogen) atoms. The average Bonchev–Trinajstić information content (AvgIpc) is 2.20. The van der Waals surface area contributed by atoms with Crippen LogP contribution in [0.1, 0.15) is 0 Å². The lowest BCUT2D eigenvalue weighted by Gasteiger charge is -2.00. The lowest BCUT2D eigenvalue weighted by molar-refractivity contribution is 0.387. The van der Waals surface area contributed by atoms with Crippen molar-refractivity contribution >= 4 is 85.5 Å². The Morgan fingerprint density at radius 3 is 1.44 bits per heavy atom. The van der Waals surface area contributed by atoms with E-state index in [1.54, 1.807) is 18.2 Å². The number of halogens is 4. The molecule has 0 atom stereocenters. The molecule has 10 heteroatoms. The van der Waals surface area contributed by atoms with Gasteiger partial charge in [0.25, 0.3) is 0 Å². The van der Waals surface area contributed by atoms with Crippen molar-refractivity contribution in [3.63, 3.8) is 0 Å². The Kier molecular flexibility index (Phi) is 17.2. The van der Waals surface area contributed by atoms with Gasteiger partial charge in [0.05, 0.1) is 5.30 Å². The molecule has 0 saturated heterocycles. The number of benzene rings is 1. The molecule has 0 amide bonds. The molecule has 0 bridgehead atoms. The molecule has 86 valence electrons. The minimum absolute atomic E-state index is 0.0648. The molecule has 0 saturated carbocycles. The summed E-state index contributed by atoms with van der Waals surface area (Å²) in [6.07, 6.45) is 0. The van der Waals surface area contributed by atoms with Gasteiger partial charge in [0.2, 0.25) is 0 Å². The van der Waals surface area contributed by atoms with Crippen molar-refractivity contribution < 1.29 is 14.4 Å². The van der Waals surface area contributed by atoms with Crippen LogP contribution in [-0.4, -0.2) is 46.1 Å². The standard InChI is InChI=1S/C6H7O3P.4ClH.2Mg/c7-10(8,9)6-4-2-1-3-5-6;;;;;;/h1-5H,(H2,7,8,9);4*1H;;/q;;;;;2*+2/p-4. The van der Waals surface area contributed by atoms with Gasteiger partial charge in [-0.2, -0.15) is 0 Å².